The van der Waals surface area contributed by atoms with Crippen LogP contribution in [0.4, 0.5) is 0 Å². The van der Waals surface area contributed by atoms with E-state index in [0.717, 1.165) is 0 Å². The van der Waals surface area contributed by atoms with Crippen molar-refractivity contribution in [2.75, 3.05) is 0 Å². The van der Waals surface area contributed by atoms with E-state index >= 15 is 0 Å². The van der Waals surface area contributed by atoms with Crippen LogP contribution in [-0.4, -0.2) is 0 Å². The maximum Gasteiger partial charge on any atom is 5.00 e. The van der Waals surface area contributed by atoms with Crippen LogP contribution >= 0.6 is 0 Å². The fourth-order valence-corrected chi connectivity index (χ4v) is 0. The smallest absolute Gasteiger partial charge is 2.00 e. The minimum absolute atomic E-state index is 0. The van der Waals surface area contributed by atoms with Gasteiger partial charge in [0.15, 0.2) is 0 Å². The summed E-state index contributed by atoms with van der Waals surface area (Å²) in [4.78, 5) is 0. The standard InChI is InChI=1S/H3N.3O.V/h1H3;;;;/q;3*-2;+5/p+1. The zero-order chi connectivity index (χ0) is 0. The molecule has 0 aromatic heterocycles. The molecule has 4 nitrogen and oxygen atoms in total. The Morgan fingerprint density at radius 2 is 0.600 bits per heavy atom. The van der Waals surface area contributed by atoms with Crippen molar-refractivity contribution in [2.24, 2.45) is 0 Å². The van der Waals surface area contributed by atoms with Crippen LogP contribution in [0, 0.1) is 0 Å². The number of quaternary nitrogens is 1. The van der Waals surface area contributed by atoms with E-state index in [9.17, 15) is 0 Å². The van der Waals surface area contributed by atoms with Gasteiger partial charge < -0.3 is 22.6 Å². The molecule has 0 rings (SSSR count). The SMILES string of the molecule is [NH4+].[O-2].[O-2].[O-2].[V+5]. The van der Waals surface area contributed by atoms with Crippen LogP contribution < -0.4 is 6.15 Å². The molecule has 5 heavy (non-hydrogen) atoms. The normalized spacial score (nSPS) is 0. The van der Waals surface area contributed by atoms with Crippen LogP contribution in [0.25, 0.3) is 0 Å². The minimum atomic E-state index is 0. The average Bonchev–Trinajstić information content (AvgIpc) is 0. The first-order valence-electron chi connectivity index (χ1n) is 0. The van der Waals surface area contributed by atoms with Gasteiger partial charge in [0.2, 0.25) is 0 Å². The Hall–Kier alpha value is 0.424. The Balaban J connectivity index is 0. The summed E-state index contributed by atoms with van der Waals surface area (Å²) in [5.74, 6) is 0. The molecule has 5 heteroatoms. The van der Waals surface area contributed by atoms with Gasteiger partial charge in [-0.05, 0) is 0 Å². The molecule has 0 radical (unpaired) electrons. The molecule has 0 aromatic carbocycles. The molecule has 0 heterocycles. The third-order valence-corrected chi connectivity index (χ3v) is 0. The van der Waals surface area contributed by atoms with E-state index in [4.69, 9.17) is 0 Å². The molecule has 4 N–H and O–H groups in total. The summed E-state index contributed by atoms with van der Waals surface area (Å²) in [5, 5.41) is 0. The summed E-state index contributed by atoms with van der Waals surface area (Å²) in [6, 6.07) is 0. The van der Waals surface area contributed by atoms with Gasteiger partial charge in [0, 0.05) is 0 Å². The molecular formula is H4NO3V. The number of hydrogen-bond acceptors (Lipinski definition) is 0. The molecule has 0 amide bonds. The van der Waals surface area contributed by atoms with E-state index in [-0.39, 0.29) is 41.1 Å². The Labute approximate surface area is 42.0 Å². The third kappa shape index (κ3) is 144. The predicted octanol–water partition coefficient (Wildman–Crippen LogP) is 0.0173. The molecule has 0 unspecified atom stereocenters. The third-order valence-electron chi connectivity index (χ3n) is 0. The Morgan fingerprint density at radius 3 is 0.600 bits per heavy atom. The first-order valence-corrected chi connectivity index (χ1v) is 0. The van der Waals surface area contributed by atoms with E-state index in [1.807, 2.05) is 0 Å². The molecule has 0 spiro atoms. The van der Waals surface area contributed by atoms with Crippen LogP contribution in [0.3, 0.4) is 0 Å². The van der Waals surface area contributed by atoms with Gasteiger partial charge in [0.25, 0.3) is 0 Å². The molecule has 0 aliphatic carbocycles. The molecule has 0 atom stereocenters. The molecule has 0 saturated heterocycles. The fraction of sp³-hybridized carbons (Fsp3) is 0. The van der Waals surface area contributed by atoms with Gasteiger partial charge in [0.1, 0.15) is 0 Å². The Bertz CT molecular complexity index is 6.85. The molecule has 0 aliphatic heterocycles. The van der Waals surface area contributed by atoms with E-state index in [1.165, 1.54) is 0 Å². The van der Waals surface area contributed by atoms with Gasteiger partial charge in [-0.1, -0.05) is 0 Å². The van der Waals surface area contributed by atoms with Crippen LogP contribution in [0.15, 0.2) is 0 Å². The van der Waals surface area contributed by atoms with Crippen molar-refractivity contribution in [1.29, 1.82) is 0 Å². The molecule has 0 fully saturated rings. The van der Waals surface area contributed by atoms with Gasteiger partial charge >= 0.3 is 18.6 Å². The van der Waals surface area contributed by atoms with Gasteiger partial charge in [-0.2, -0.15) is 0 Å². The van der Waals surface area contributed by atoms with E-state index in [0.29, 0.717) is 0 Å². The van der Waals surface area contributed by atoms with Gasteiger partial charge in [-0.25, -0.2) is 0 Å². The van der Waals surface area contributed by atoms with E-state index in [1.54, 1.807) is 0 Å². The minimum Gasteiger partial charge on any atom is -2.00 e. The predicted molar refractivity (Wildman–Crippen MR) is 8.04 cm³/mol. The molecular weight excluding hydrogens is 113 g/mol. The van der Waals surface area contributed by atoms with Crippen LogP contribution in [0.1, 0.15) is 0 Å². The second-order valence-corrected chi connectivity index (χ2v) is 0. The molecule has 0 bridgehead atoms. The maximum absolute atomic E-state index is 0. The molecule has 32 valence electrons. The molecule has 0 aromatic rings. The van der Waals surface area contributed by atoms with Crippen molar-refractivity contribution >= 4 is 0 Å². The van der Waals surface area contributed by atoms with Crippen molar-refractivity contribution in [2.45, 2.75) is 0 Å². The summed E-state index contributed by atoms with van der Waals surface area (Å²) in [6.45, 7) is 0. The van der Waals surface area contributed by atoms with Crippen LogP contribution in [-0.2, 0) is 35.0 Å². The monoisotopic (exact) mass is 117 g/mol. The summed E-state index contributed by atoms with van der Waals surface area (Å²) in [6.07, 6.45) is 0. The van der Waals surface area contributed by atoms with Gasteiger partial charge in [-0.15, -0.1) is 0 Å². The second-order valence-electron chi connectivity index (χ2n) is 0. The summed E-state index contributed by atoms with van der Waals surface area (Å²) >= 11 is 0. The quantitative estimate of drug-likeness (QED) is 0.459. The van der Waals surface area contributed by atoms with Gasteiger partial charge in [-0.3, -0.25) is 0 Å². The summed E-state index contributed by atoms with van der Waals surface area (Å²) in [5.41, 5.74) is 0. The second kappa shape index (κ2) is 288. The summed E-state index contributed by atoms with van der Waals surface area (Å²) in [7, 11) is 0. The van der Waals surface area contributed by atoms with E-state index in [2.05, 4.69) is 0 Å². The van der Waals surface area contributed by atoms with Crippen molar-refractivity contribution in [1.82, 2.24) is 6.15 Å². The van der Waals surface area contributed by atoms with Gasteiger partial charge in [0.05, 0.1) is 0 Å². The van der Waals surface area contributed by atoms with Crippen LogP contribution in [0.5, 0.6) is 0 Å². The largest absolute Gasteiger partial charge is 5.00 e. The fourth-order valence-electron chi connectivity index (χ4n) is 0. The zero-order valence-electron chi connectivity index (χ0n) is 2.67. The number of rotatable bonds is 0. The first kappa shape index (κ1) is 589. The Morgan fingerprint density at radius 1 is 0.600 bits per heavy atom. The van der Waals surface area contributed by atoms with Crippen molar-refractivity contribution in [3.8, 4) is 0 Å². The van der Waals surface area contributed by atoms with Crippen molar-refractivity contribution in [3.63, 3.8) is 0 Å². The first-order chi connectivity index (χ1) is 0. The topological polar surface area (TPSA) is 122 Å². The van der Waals surface area contributed by atoms with Crippen LogP contribution in [0.2, 0.25) is 0 Å². The Kier molecular flexibility index (Phi) is 34000. The van der Waals surface area contributed by atoms with Crippen molar-refractivity contribution in [3.05, 3.63) is 0 Å². The summed E-state index contributed by atoms with van der Waals surface area (Å²) < 4.78 is 0. The molecule has 0 saturated carbocycles. The molecule has 0 aliphatic rings. The number of hydrogen-bond donors (Lipinski definition) is 1. The van der Waals surface area contributed by atoms with E-state index < -0.39 is 0 Å². The maximum atomic E-state index is 0. The van der Waals surface area contributed by atoms with Crippen molar-refractivity contribution < 1.29 is 35.0 Å². The zero-order valence-corrected chi connectivity index (χ0v) is 4.07. The average molecular weight is 117 g/mol.